The first-order chi connectivity index (χ1) is 8.35. The lowest BCUT2D eigenvalue weighted by atomic mass is 10.0. The number of aromatic nitrogens is 2. The fourth-order valence-electron chi connectivity index (χ4n) is 2.22. The van der Waals surface area contributed by atoms with Crippen LogP contribution in [0.15, 0.2) is 24.3 Å². The van der Waals surface area contributed by atoms with Crippen molar-refractivity contribution in [1.82, 2.24) is 15.5 Å². The van der Waals surface area contributed by atoms with E-state index in [1.807, 2.05) is 13.1 Å². The van der Waals surface area contributed by atoms with Gasteiger partial charge in [0, 0.05) is 23.5 Å². The van der Waals surface area contributed by atoms with Crippen molar-refractivity contribution in [2.24, 2.45) is 0 Å². The zero-order valence-corrected chi connectivity index (χ0v) is 10.7. The highest BCUT2D eigenvalue weighted by Crippen LogP contribution is 2.17. The summed E-state index contributed by atoms with van der Waals surface area (Å²) in [4.78, 5) is 0. The SMILES string of the molecule is CCCCC(Cc1[nH]nc2ccccc12)NC. The van der Waals surface area contributed by atoms with Gasteiger partial charge in [-0.05, 0) is 19.5 Å². The van der Waals surface area contributed by atoms with Crippen LogP contribution in [0.25, 0.3) is 10.9 Å². The molecule has 0 radical (unpaired) electrons. The van der Waals surface area contributed by atoms with E-state index in [1.54, 1.807) is 0 Å². The van der Waals surface area contributed by atoms with Crippen LogP contribution in [0.3, 0.4) is 0 Å². The third-order valence-electron chi connectivity index (χ3n) is 3.31. The van der Waals surface area contributed by atoms with E-state index in [-0.39, 0.29) is 0 Å². The number of hydrogen-bond acceptors (Lipinski definition) is 2. The number of fused-ring (bicyclic) bond motifs is 1. The van der Waals surface area contributed by atoms with Crippen molar-refractivity contribution in [2.75, 3.05) is 7.05 Å². The maximum atomic E-state index is 4.33. The first-order valence-corrected chi connectivity index (χ1v) is 6.44. The predicted octanol–water partition coefficient (Wildman–Crippen LogP) is 2.88. The molecule has 2 rings (SSSR count). The van der Waals surface area contributed by atoms with E-state index in [9.17, 15) is 0 Å². The van der Waals surface area contributed by atoms with E-state index in [4.69, 9.17) is 0 Å². The summed E-state index contributed by atoms with van der Waals surface area (Å²) in [6, 6.07) is 8.83. The third-order valence-corrected chi connectivity index (χ3v) is 3.31. The maximum absolute atomic E-state index is 4.33. The van der Waals surface area contributed by atoms with Gasteiger partial charge in [-0.15, -0.1) is 0 Å². The number of likely N-dealkylation sites (N-methyl/N-ethyl adjacent to an activating group) is 1. The number of aromatic amines is 1. The molecule has 2 aromatic rings. The van der Waals surface area contributed by atoms with Crippen LogP contribution in [0.4, 0.5) is 0 Å². The van der Waals surface area contributed by atoms with Crippen LogP contribution >= 0.6 is 0 Å². The molecule has 1 heterocycles. The van der Waals surface area contributed by atoms with E-state index in [0.29, 0.717) is 6.04 Å². The molecular weight excluding hydrogens is 210 g/mol. The lowest BCUT2D eigenvalue weighted by Crippen LogP contribution is -2.27. The van der Waals surface area contributed by atoms with Gasteiger partial charge in [0.1, 0.15) is 0 Å². The lowest BCUT2D eigenvalue weighted by Gasteiger charge is -2.14. The van der Waals surface area contributed by atoms with Crippen LogP contribution in [0.2, 0.25) is 0 Å². The monoisotopic (exact) mass is 231 g/mol. The highest BCUT2D eigenvalue weighted by atomic mass is 15.1. The van der Waals surface area contributed by atoms with Crippen LogP contribution < -0.4 is 5.32 Å². The Balaban J connectivity index is 2.11. The third kappa shape index (κ3) is 2.86. The van der Waals surface area contributed by atoms with Crippen molar-refractivity contribution in [3.05, 3.63) is 30.0 Å². The molecule has 0 aliphatic rings. The molecule has 1 unspecified atom stereocenters. The molecule has 1 aromatic carbocycles. The zero-order chi connectivity index (χ0) is 12.1. The minimum absolute atomic E-state index is 0.541. The van der Waals surface area contributed by atoms with Crippen LogP contribution in [-0.4, -0.2) is 23.3 Å². The Labute approximate surface area is 103 Å². The topological polar surface area (TPSA) is 40.7 Å². The molecule has 0 fully saturated rings. The summed E-state index contributed by atoms with van der Waals surface area (Å²) in [5.41, 5.74) is 2.31. The van der Waals surface area contributed by atoms with Gasteiger partial charge in [0.25, 0.3) is 0 Å². The Hall–Kier alpha value is -1.35. The summed E-state index contributed by atoms with van der Waals surface area (Å²) >= 11 is 0. The van der Waals surface area contributed by atoms with Crippen molar-refractivity contribution in [2.45, 2.75) is 38.6 Å². The van der Waals surface area contributed by atoms with Gasteiger partial charge in [-0.1, -0.05) is 38.0 Å². The largest absolute Gasteiger partial charge is 0.317 e. The highest BCUT2D eigenvalue weighted by Gasteiger charge is 2.11. The molecule has 0 bridgehead atoms. The summed E-state index contributed by atoms with van der Waals surface area (Å²) < 4.78 is 0. The van der Waals surface area contributed by atoms with E-state index >= 15 is 0 Å². The van der Waals surface area contributed by atoms with Crippen LogP contribution in [0, 0.1) is 0 Å². The summed E-state index contributed by atoms with van der Waals surface area (Å²) in [5.74, 6) is 0. The zero-order valence-electron chi connectivity index (χ0n) is 10.7. The second-order valence-electron chi connectivity index (χ2n) is 4.55. The average molecular weight is 231 g/mol. The van der Waals surface area contributed by atoms with Crippen molar-refractivity contribution < 1.29 is 0 Å². The molecule has 0 saturated heterocycles. The van der Waals surface area contributed by atoms with Crippen molar-refractivity contribution in [1.29, 1.82) is 0 Å². The second kappa shape index (κ2) is 5.82. The fourth-order valence-corrected chi connectivity index (χ4v) is 2.22. The standard InChI is InChI=1S/C14H21N3/c1-3-4-7-11(15-2)10-14-12-8-5-6-9-13(12)16-17-14/h5-6,8-9,11,15H,3-4,7,10H2,1-2H3,(H,16,17). The summed E-state index contributed by atoms with van der Waals surface area (Å²) in [6.07, 6.45) is 4.77. The smallest absolute Gasteiger partial charge is 0.0923 e. The molecule has 2 N–H and O–H groups in total. The minimum atomic E-state index is 0.541. The van der Waals surface area contributed by atoms with Gasteiger partial charge >= 0.3 is 0 Å². The normalized spacial score (nSPS) is 13.1. The van der Waals surface area contributed by atoms with Crippen molar-refractivity contribution >= 4 is 10.9 Å². The molecule has 0 spiro atoms. The van der Waals surface area contributed by atoms with Gasteiger partial charge in [0.05, 0.1) is 5.52 Å². The molecule has 3 nitrogen and oxygen atoms in total. The Kier molecular flexibility index (Phi) is 4.15. The van der Waals surface area contributed by atoms with Gasteiger partial charge in [0.15, 0.2) is 0 Å². The van der Waals surface area contributed by atoms with Gasteiger partial charge < -0.3 is 5.32 Å². The number of hydrogen-bond donors (Lipinski definition) is 2. The summed E-state index contributed by atoms with van der Waals surface area (Å²) in [5, 5.41) is 12.1. The number of rotatable bonds is 6. The molecule has 1 aromatic heterocycles. The lowest BCUT2D eigenvalue weighted by molar-refractivity contribution is 0.495. The fraction of sp³-hybridized carbons (Fsp3) is 0.500. The quantitative estimate of drug-likeness (QED) is 0.802. The number of nitrogens with one attached hydrogen (secondary N) is 2. The first kappa shape index (κ1) is 12.1. The Morgan fingerprint density at radius 2 is 2.18 bits per heavy atom. The average Bonchev–Trinajstić information content (AvgIpc) is 2.78. The van der Waals surface area contributed by atoms with E-state index in [1.165, 1.54) is 30.3 Å². The number of benzene rings is 1. The number of H-pyrrole nitrogens is 1. The molecule has 92 valence electrons. The van der Waals surface area contributed by atoms with Crippen LogP contribution in [-0.2, 0) is 6.42 Å². The van der Waals surface area contributed by atoms with Gasteiger partial charge in [-0.3, -0.25) is 5.10 Å². The van der Waals surface area contributed by atoms with Crippen molar-refractivity contribution in [3.8, 4) is 0 Å². The number of unbranched alkanes of at least 4 members (excludes halogenated alkanes) is 1. The van der Waals surface area contributed by atoms with Gasteiger partial charge in [-0.2, -0.15) is 5.10 Å². The molecule has 0 saturated carbocycles. The Morgan fingerprint density at radius 1 is 1.35 bits per heavy atom. The van der Waals surface area contributed by atoms with E-state index < -0.39 is 0 Å². The Bertz CT molecular complexity index is 461. The second-order valence-corrected chi connectivity index (χ2v) is 4.55. The van der Waals surface area contributed by atoms with E-state index in [2.05, 4.69) is 40.6 Å². The van der Waals surface area contributed by atoms with Gasteiger partial charge in [-0.25, -0.2) is 0 Å². The molecule has 1 atom stereocenters. The molecule has 0 aliphatic heterocycles. The van der Waals surface area contributed by atoms with Crippen LogP contribution in [0.1, 0.15) is 31.9 Å². The summed E-state index contributed by atoms with van der Waals surface area (Å²) in [7, 11) is 2.04. The minimum Gasteiger partial charge on any atom is -0.317 e. The Morgan fingerprint density at radius 3 is 2.94 bits per heavy atom. The number of para-hydroxylation sites is 1. The van der Waals surface area contributed by atoms with Crippen molar-refractivity contribution in [3.63, 3.8) is 0 Å². The predicted molar refractivity (Wildman–Crippen MR) is 72.2 cm³/mol. The molecule has 0 amide bonds. The molecule has 0 aliphatic carbocycles. The maximum Gasteiger partial charge on any atom is 0.0923 e. The first-order valence-electron chi connectivity index (χ1n) is 6.44. The van der Waals surface area contributed by atoms with E-state index in [0.717, 1.165) is 11.9 Å². The summed E-state index contributed by atoms with van der Waals surface area (Å²) in [6.45, 7) is 2.23. The molecule has 17 heavy (non-hydrogen) atoms. The molecular formula is C14H21N3. The number of nitrogens with zero attached hydrogens (tertiary/aromatic N) is 1. The van der Waals surface area contributed by atoms with Gasteiger partial charge in [0.2, 0.25) is 0 Å². The highest BCUT2D eigenvalue weighted by molar-refractivity contribution is 5.81. The molecule has 3 heteroatoms. The van der Waals surface area contributed by atoms with Crippen LogP contribution in [0.5, 0.6) is 0 Å².